The number of carbonyl (C=O) groups excluding carboxylic acids is 1. The Bertz CT molecular complexity index is 507. The molecule has 0 bridgehead atoms. The molecule has 2 atom stereocenters. The predicted molar refractivity (Wildman–Crippen MR) is 87.1 cm³/mol. The van der Waals surface area contributed by atoms with Gasteiger partial charge in [-0.05, 0) is 25.5 Å². The molecule has 0 saturated heterocycles. The third-order valence-corrected chi connectivity index (χ3v) is 3.58. The molecule has 0 spiro atoms. The Hall–Kier alpha value is -1.46. The Morgan fingerprint density at radius 3 is 2.76 bits per heavy atom. The molecule has 0 aliphatic rings. The van der Waals surface area contributed by atoms with Crippen molar-refractivity contribution in [3.05, 3.63) is 24.5 Å². The second-order valence-electron chi connectivity index (χ2n) is 4.28. The van der Waals surface area contributed by atoms with Gasteiger partial charge < -0.3 is 4.90 Å². The molecule has 0 aliphatic carbocycles. The van der Waals surface area contributed by atoms with Gasteiger partial charge in [-0.25, -0.2) is 0 Å². The molecule has 2 unspecified atom stereocenters. The van der Waals surface area contributed by atoms with Gasteiger partial charge in [-0.1, -0.05) is 18.5 Å². The summed E-state index contributed by atoms with van der Waals surface area (Å²) in [5.74, 6) is -0.255. The van der Waals surface area contributed by atoms with E-state index in [4.69, 9.17) is 28.6 Å². The molecule has 7 heteroatoms. The third kappa shape index (κ3) is 5.10. The van der Waals surface area contributed by atoms with Crippen LogP contribution in [0.25, 0.3) is 0 Å². The summed E-state index contributed by atoms with van der Waals surface area (Å²) in [5, 5.41) is 6.85. The van der Waals surface area contributed by atoms with Crippen LogP contribution in [-0.4, -0.2) is 45.1 Å². The van der Waals surface area contributed by atoms with E-state index in [0.717, 1.165) is 0 Å². The molecule has 0 radical (unpaired) electrons. The second-order valence-corrected chi connectivity index (χ2v) is 5.22. The summed E-state index contributed by atoms with van der Waals surface area (Å²) in [5.41, 5.74) is 0.627. The summed E-state index contributed by atoms with van der Waals surface area (Å²) in [6, 6.07) is 2.80. The van der Waals surface area contributed by atoms with Crippen LogP contribution in [0.2, 0.25) is 0 Å². The number of hydrogen-bond donors (Lipinski definition) is 1. The largest absolute Gasteiger partial charge is 0.327 e. The number of amides is 1. The van der Waals surface area contributed by atoms with Crippen molar-refractivity contribution in [3.63, 3.8) is 0 Å². The first-order valence-corrected chi connectivity index (χ1v) is 7.45. The van der Waals surface area contributed by atoms with Gasteiger partial charge in [0.05, 0.1) is 11.9 Å². The Morgan fingerprint density at radius 2 is 2.29 bits per heavy atom. The average molecular weight is 329 g/mol. The number of aliphatic imine (C=N–C) groups is 1. The first-order valence-electron chi connectivity index (χ1n) is 6.63. The number of pyridine rings is 1. The second kappa shape index (κ2) is 8.74. The van der Waals surface area contributed by atoms with E-state index in [9.17, 15) is 4.79 Å². The summed E-state index contributed by atoms with van der Waals surface area (Å²) < 4.78 is 0. The van der Waals surface area contributed by atoms with Gasteiger partial charge in [0.2, 0.25) is 5.91 Å². The van der Waals surface area contributed by atoms with Crippen LogP contribution < -0.4 is 0 Å². The number of halogens is 2. The zero-order valence-corrected chi connectivity index (χ0v) is 13.5. The molecule has 1 amide bonds. The third-order valence-electron chi connectivity index (χ3n) is 2.86. The molecule has 1 rings (SSSR count). The fourth-order valence-electron chi connectivity index (χ4n) is 1.71. The van der Waals surface area contributed by atoms with Gasteiger partial charge in [-0.2, -0.15) is 0 Å². The van der Waals surface area contributed by atoms with Gasteiger partial charge in [0, 0.05) is 19.0 Å². The minimum atomic E-state index is -0.725. The summed E-state index contributed by atoms with van der Waals surface area (Å²) in [7, 11) is 0. The number of aromatic nitrogens is 1. The zero-order chi connectivity index (χ0) is 15.8. The van der Waals surface area contributed by atoms with Crippen molar-refractivity contribution in [1.29, 1.82) is 5.41 Å². The number of carbonyl (C=O) groups is 1. The van der Waals surface area contributed by atoms with E-state index in [1.807, 2.05) is 13.8 Å². The Kier molecular flexibility index (Phi) is 7.32. The molecule has 114 valence electrons. The first-order chi connectivity index (χ1) is 10.0. The first kappa shape index (κ1) is 17.6. The molecule has 1 aromatic heterocycles. The molecule has 1 N–H and O–H groups in total. The number of nitrogens with one attached hydrogen (secondary N) is 1. The smallest absolute Gasteiger partial charge is 0.241 e. The molecular weight excluding hydrogens is 311 g/mol. The molecule has 21 heavy (non-hydrogen) atoms. The lowest BCUT2D eigenvalue weighted by Gasteiger charge is -2.28. The van der Waals surface area contributed by atoms with Crippen LogP contribution in [0, 0.1) is 5.41 Å². The SMILES string of the molecule is CCC(Cl)C(=O)N(CC)C(C=Nc1cccnc1)C(=N)Cl. The van der Waals surface area contributed by atoms with Gasteiger partial charge in [-0.3, -0.25) is 20.2 Å². The van der Waals surface area contributed by atoms with Gasteiger partial charge in [0.15, 0.2) is 0 Å². The minimum Gasteiger partial charge on any atom is -0.327 e. The highest BCUT2D eigenvalue weighted by Gasteiger charge is 2.27. The maximum atomic E-state index is 12.2. The molecule has 0 fully saturated rings. The molecular formula is C14H18Cl2N4O. The van der Waals surface area contributed by atoms with E-state index in [-0.39, 0.29) is 11.1 Å². The van der Waals surface area contributed by atoms with Gasteiger partial charge in [-0.15, -0.1) is 11.6 Å². The van der Waals surface area contributed by atoms with Crippen LogP contribution in [0.4, 0.5) is 5.69 Å². The van der Waals surface area contributed by atoms with Crippen molar-refractivity contribution in [3.8, 4) is 0 Å². The molecule has 0 aliphatic heterocycles. The normalized spacial score (nSPS) is 13.9. The van der Waals surface area contributed by atoms with Crippen LogP contribution in [0.1, 0.15) is 20.3 Å². The van der Waals surface area contributed by atoms with Crippen LogP contribution in [0.15, 0.2) is 29.5 Å². The zero-order valence-electron chi connectivity index (χ0n) is 12.0. The quantitative estimate of drug-likeness (QED) is 0.616. The van der Waals surface area contributed by atoms with Crippen molar-refractivity contribution < 1.29 is 4.79 Å². The van der Waals surface area contributed by atoms with Crippen molar-refractivity contribution in [2.45, 2.75) is 31.7 Å². The van der Waals surface area contributed by atoms with E-state index in [1.165, 1.54) is 11.1 Å². The van der Waals surface area contributed by atoms with E-state index >= 15 is 0 Å². The maximum Gasteiger partial charge on any atom is 0.241 e. The van der Waals surface area contributed by atoms with Crippen LogP contribution in [0.5, 0.6) is 0 Å². The van der Waals surface area contributed by atoms with Crippen LogP contribution >= 0.6 is 23.2 Å². The van der Waals surface area contributed by atoms with Gasteiger partial charge >= 0.3 is 0 Å². The fraction of sp³-hybridized carbons (Fsp3) is 0.429. The van der Waals surface area contributed by atoms with E-state index in [2.05, 4.69) is 9.98 Å². The Labute approximate surface area is 134 Å². The van der Waals surface area contributed by atoms with Crippen molar-refractivity contribution in [2.75, 3.05) is 6.54 Å². The van der Waals surface area contributed by atoms with E-state index < -0.39 is 11.4 Å². The topological polar surface area (TPSA) is 69.4 Å². The molecule has 1 aromatic rings. The minimum absolute atomic E-state index is 0.183. The van der Waals surface area contributed by atoms with Crippen molar-refractivity contribution in [1.82, 2.24) is 9.88 Å². The van der Waals surface area contributed by atoms with E-state index in [0.29, 0.717) is 18.7 Å². The molecule has 0 saturated carbocycles. The van der Waals surface area contributed by atoms with Gasteiger partial charge in [0.25, 0.3) is 0 Å². The summed E-state index contributed by atoms with van der Waals surface area (Å²) >= 11 is 11.8. The van der Waals surface area contributed by atoms with Gasteiger partial charge in [0.1, 0.15) is 16.6 Å². The summed E-state index contributed by atoms with van der Waals surface area (Å²) in [4.78, 5) is 21.8. The number of alkyl halides is 1. The maximum absolute atomic E-state index is 12.2. The standard InChI is InChI=1S/C14H18Cl2N4O/c1-3-11(15)14(21)20(4-2)12(13(16)17)9-19-10-6-5-7-18-8-10/h5-9,11-12,17H,3-4H2,1-2H3. The lowest BCUT2D eigenvalue weighted by Crippen LogP contribution is -2.47. The highest BCUT2D eigenvalue weighted by Crippen LogP contribution is 2.13. The van der Waals surface area contributed by atoms with Crippen LogP contribution in [-0.2, 0) is 4.79 Å². The fourth-order valence-corrected chi connectivity index (χ4v) is 2.01. The Balaban J connectivity index is 2.96. The predicted octanol–water partition coefficient (Wildman–Crippen LogP) is 3.23. The summed E-state index contributed by atoms with van der Waals surface area (Å²) in [6.07, 6.45) is 5.20. The molecule has 5 nitrogen and oxygen atoms in total. The number of rotatable bonds is 7. The molecule has 1 heterocycles. The highest BCUT2D eigenvalue weighted by molar-refractivity contribution is 6.67. The lowest BCUT2D eigenvalue weighted by molar-refractivity contribution is -0.130. The highest BCUT2D eigenvalue weighted by atomic mass is 35.5. The monoisotopic (exact) mass is 328 g/mol. The number of hydrogen-bond acceptors (Lipinski definition) is 4. The summed E-state index contributed by atoms with van der Waals surface area (Å²) in [6.45, 7) is 4.02. The average Bonchev–Trinajstić information content (AvgIpc) is 2.50. The van der Waals surface area contributed by atoms with E-state index in [1.54, 1.807) is 24.5 Å². The Morgan fingerprint density at radius 1 is 1.57 bits per heavy atom. The molecule has 0 aromatic carbocycles. The van der Waals surface area contributed by atoms with Crippen molar-refractivity contribution >= 4 is 46.2 Å². The number of nitrogens with zero attached hydrogens (tertiary/aromatic N) is 3. The van der Waals surface area contributed by atoms with Crippen molar-refractivity contribution in [2.24, 2.45) is 4.99 Å². The van der Waals surface area contributed by atoms with Crippen LogP contribution in [0.3, 0.4) is 0 Å². The lowest BCUT2D eigenvalue weighted by atomic mass is 10.2.